The molecule has 1 amide bonds. The topological polar surface area (TPSA) is 64.7 Å². The first-order valence-electron chi connectivity index (χ1n) is 8.44. The molecule has 7 nitrogen and oxygen atoms in total. The fourth-order valence-electron chi connectivity index (χ4n) is 3.52. The van der Waals surface area contributed by atoms with E-state index in [0.717, 1.165) is 52.2 Å². The average Bonchev–Trinajstić information content (AvgIpc) is 2.99. The van der Waals surface area contributed by atoms with Crippen molar-refractivity contribution in [1.82, 2.24) is 24.9 Å². The second-order valence-corrected chi connectivity index (χ2v) is 6.66. The average molecular weight is 321 g/mol. The molecule has 0 radical (unpaired) electrons. The maximum absolute atomic E-state index is 12.5. The van der Waals surface area contributed by atoms with Crippen molar-refractivity contribution in [3.63, 3.8) is 0 Å². The van der Waals surface area contributed by atoms with E-state index in [1.807, 2.05) is 4.90 Å². The number of aromatic amines is 1. The number of ether oxygens (including phenoxy) is 1. The molecule has 2 fully saturated rings. The van der Waals surface area contributed by atoms with Gasteiger partial charge in [0.25, 0.3) is 5.91 Å². The Labute approximate surface area is 137 Å². The van der Waals surface area contributed by atoms with Crippen LogP contribution in [0.2, 0.25) is 0 Å². The Bertz CT molecular complexity index is 505. The van der Waals surface area contributed by atoms with Gasteiger partial charge in [0.15, 0.2) is 0 Å². The summed E-state index contributed by atoms with van der Waals surface area (Å²) in [5.41, 5.74) is 0.570. The minimum Gasteiger partial charge on any atom is -0.375 e. The maximum Gasteiger partial charge on any atom is 0.271 e. The molecule has 0 unspecified atom stereocenters. The summed E-state index contributed by atoms with van der Waals surface area (Å²) in [6.45, 7) is 5.43. The Hall–Kier alpha value is -1.44. The van der Waals surface area contributed by atoms with Gasteiger partial charge >= 0.3 is 0 Å². The third kappa shape index (κ3) is 3.91. The molecule has 2 aliphatic heterocycles. The lowest BCUT2D eigenvalue weighted by atomic mass is 10.0. The second-order valence-electron chi connectivity index (χ2n) is 6.66. The molecule has 128 valence electrons. The van der Waals surface area contributed by atoms with Crippen molar-refractivity contribution in [2.24, 2.45) is 0 Å². The summed E-state index contributed by atoms with van der Waals surface area (Å²) in [5.74, 6) is 0.0426. The SMILES string of the molecule is CN(C)CCN1CCO[C@H]2CCN(C(=O)c3ccn[nH]3)CC[C@H]21. The molecule has 0 saturated carbocycles. The Morgan fingerprint density at radius 1 is 1.39 bits per heavy atom. The lowest BCUT2D eigenvalue weighted by Gasteiger charge is -2.40. The number of morpholine rings is 1. The normalized spacial score (nSPS) is 26.1. The molecule has 1 aromatic rings. The third-order valence-electron chi connectivity index (χ3n) is 4.84. The lowest BCUT2D eigenvalue weighted by molar-refractivity contribution is -0.0724. The van der Waals surface area contributed by atoms with Gasteiger partial charge in [0.2, 0.25) is 0 Å². The number of fused-ring (bicyclic) bond motifs is 1. The molecule has 0 aliphatic carbocycles. The van der Waals surface area contributed by atoms with E-state index in [4.69, 9.17) is 4.74 Å². The van der Waals surface area contributed by atoms with Gasteiger partial charge in [-0.25, -0.2) is 0 Å². The summed E-state index contributed by atoms with van der Waals surface area (Å²) in [7, 11) is 4.21. The zero-order valence-corrected chi connectivity index (χ0v) is 14.1. The number of hydrogen-bond acceptors (Lipinski definition) is 5. The number of likely N-dealkylation sites (N-methyl/N-ethyl adjacent to an activating group) is 1. The van der Waals surface area contributed by atoms with Gasteiger partial charge in [-0.1, -0.05) is 0 Å². The molecule has 7 heteroatoms. The largest absolute Gasteiger partial charge is 0.375 e. The molecule has 3 heterocycles. The molecular formula is C16H27N5O2. The second kappa shape index (κ2) is 7.42. The van der Waals surface area contributed by atoms with Crippen molar-refractivity contribution in [3.8, 4) is 0 Å². The first kappa shape index (κ1) is 16.4. The standard InChI is InChI=1S/C16H27N5O2/c1-19(2)9-10-20-11-12-23-15-5-8-21(7-4-14(15)20)16(22)13-3-6-17-18-13/h3,6,14-15H,4-5,7-12H2,1-2H3,(H,17,18)/t14-,15+/m1/s1. The minimum absolute atomic E-state index is 0.0426. The number of amides is 1. The highest BCUT2D eigenvalue weighted by Crippen LogP contribution is 2.24. The Balaban J connectivity index is 1.63. The van der Waals surface area contributed by atoms with Crippen molar-refractivity contribution in [1.29, 1.82) is 0 Å². The van der Waals surface area contributed by atoms with E-state index in [9.17, 15) is 4.79 Å². The van der Waals surface area contributed by atoms with Crippen LogP contribution in [0.15, 0.2) is 12.3 Å². The molecule has 2 atom stereocenters. The molecule has 0 aromatic carbocycles. The lowest BCUT2D eigenvalue weighted by Crippen LogP contribution is -2.52. The Kier molecular flexibility index (Phi) is 5.30. The fourth-order valence-corrected chi connectivity index (χ4v) is 3.52. The van der Waals surface area contributed by atoms with Gasteiger partial charge in [-0.2, -0.15) is 5.10 Å². The third-order valence-corrected chi connectivity index (χ3v) is 4.84. The summed E-state index contributed by atoms with van der Waals surface area (Å²) in [4.78, 5) is 19.2. The van der Waals surface area contributed by atoms with E-state index in [2.05, 4.69) is 34.1 Å². The molecular weight excluding hydrogens is 294 g/mol. The first-order chi connectivity index (χ1) is 11.1. The van der Waals surface area contributed by atoms with E-state index in [1.165, 1.54) is 0 Å². The molecule has 3 rings (SSSR count). The number of H-pyrrole nitrogens is 1. The summed E-state index contributed by atoms with van der Waals surface area (Å²) >= 11 is 0. The number of hydrogen-bond donors (Lipinski definition) is 1. The van der Waals surface area contributed by atoms with Crippen LogP contribution in [0, 0.1) is 0 Å². The number of nitrogens with one attached hydrogen (secondary N) is 1. The molecule has 23 heavy (non-hydrogen) atoms. The fraction of sp³-hybridized carbons (Fsp3) is 0.750. The van der Waals surface area contributed by atoms with Gasteiger partial charge < -0.3 is 14.5 Å². The maximum atomic E-state index is 12.5. The monoisotopic (exact) mass is 321 g/mol. The predicted molar refractivity (Wildman–Crippen MR) is 87.4 cm³/mol. The zero-order valence-electron chi connectivity index (χ0n) is 14.1. The predicted octanol–water partition coefficient (Wildman–Crippen LogP) is 0.277. The highest BCUT2D eigenvalue weighted by Gasteiger charge is 2.35. The van der Waals surface area contributed by atoms with Crippen molar-refractivity contribution < 1.29 is 9.53 Å². The van der Waals surface area contributed by atoms with Gasteiger partial charge in [0, 0.05) is 45.0 Å². The highest BCUT2D eigenvalue weighted by molar-refractivity contribution is 5.92. The van der Waals surface area contributed by atoms with E-state index >= 15 is 0 Å². The molecule has 2 saturated heterocycles. The van der Waals surface area contributed by atoms with Crippen LogP contribution in [0.5, 0.6) is 0 Å². The highest BCUT2D eigenvalue weighted by atomic mass is 16.5. The van der Waals surface area contributed by atoms with E-state index in [-0.39, 0.29) is 12.0 Å². The van der Waals surface area contributed by atoms with Crippen LogP contribution in [0.3, 0.4) is 0 Å². The van der Waals surface area contributed by atoms with Gasteiger partial charge in [0.05, 0.1) is 12.7 Å². The number of carbonyl (C=O) groups is 1. The van der Waals surface area contributed by atoms with E-state index in [0.29, 0.717) is 11.7 Å². The summed E-state index contributed by atoms with van der Waals surface area (Å²) in [6.07, 6.45) is 3.74. The van der Waals surface area contributed by atoms with Crippen molar-refractivity contribution in [2.75, 3.05) is 53.4 Å². The van der Waals surface area contributed by atoms with Crippen LogP contribution in [0.25, 0.3) is 0 Å². The molecule has 1 N–H and O–H groups in total. The summed E-state index contributed by atoms with van der Waals surface area (Å²) in [5, 5.41) is 6.65. The van der Waals surface area contributed by atoms with E-state index < -0.39 is 0 Å². The van der Waals surface area contributed by atoms with Crippen molar-refractivity contribution >= 4 is 5.91 Å². The van der Waals surface area contributed by atoms with Crippen LogP contribution in [0.4, 0.5) is 0 Å². The smallest absolute Gasteiger partial charge is 0.271 e. The summed E-state index contributed by atoms with van der Waals surface area (Å²) < 4.78 is 6.00. The Morgan fingerprint density at radius 2 is 2.22 bits per heavy atom. The van der Waals surface area contributed by atoms with Crippen LogP contribution in [0.1, 0.15) is 23.3 Å². The van der Waals surface area contributed by atoms with Gasteiger partial charge in [0.1, 0.15) is 5.69 Å². The van der Waals surface area contributed by atoms with Crippen molar-refractivity contribution in [2.45, 2.75) is 25.0 Å². The zero-order chi connectivity index (χ0) is 16.2. The van der Waals surface area contributed by atoms with E-state index in [1.54, 1.807) is 12.3 Å². The van der Waals surface area contributed by atoms with Crippen molar-refractivity contribution in [3.05, 3.63) is 18.0 Å². The number of likely N-dealkylation sites (tertiary alicyclic amines) is 1. The number of nitrogens with zero attached hydrogens (tertiary/aromatic N) is 4. The quantitative estimate of drug-likeness (QED) is 0.863. The minimum atomic E-state index is 0.0426. The molecule has 2 aliphatic rings. The van der Waals surface area contributed by atoms with Gasteiger partial charge in [-0.05, 0) is 33.0 Å². The Morgan fingerprint density at radius 3 is 2.96 bits per heavy atom. The number of carbonyl (C=O) groups excluding carboxylic acids is 1. The number of rotatable bonds is 4. The molecule has 0 bridgehead atoms. The first-order valence-corrected chi connectivity index (χ1v) is 8.44. The summed E-state index contributed by atoms with van der Waals surface area (Å²) in [6, 6.07) is 2.16. The van der Waals surface area contributed by atoms with Gasteiger partial charge in [-0.15, -0.1) is 0 Å². The molecule has 0 spiro atoms. The van der Waals surface area contributed by atoms with Crippen LogP contribution in [-0.4, -0.2) is 96.4 Å². The van der Waals surface area contributed by atoms with Crippen LogP contribution in [-0.2, 0) is 4.74 Å². The van der Waals surface area contributed by atoms with Gasteiger partial charge in [-0.3, -0.25) is 14.8 Å². The number of aromatic nitrogens is 2. The van der Waals surface area contributed by atoms with Crippen LogP contribution < -0.4 is 0 Å². The molecule has 1 aromatic heterocycles. The van der Waals surface area contributed by atoms with Crippen LogP contribution >= 0.6 is 0 Å².